The van der Waals surface area contributed by atoms with E-state index < -0.39 is 5.41 Å². The second-order valence-electron chi connectivity index (χ2n) is 4.49. The van der Waals surface area contributed by atoms with Gasteiger partial charge in [0.05, 0.1) is 6.61 Å². The normalized spacial score (nSPS) is 14.5. The summed E-state index contributed by atoms with van der Waals surface area (Å²) in [7, 11) is 0. The first-order valence-corrected chi connectivity index (χ1v) is 6.41. The van der Waals surface area contributed by atoms with Crippen molar-refractivity contribution in [2.45, 2.75) is 18.8 Å². The van der Waals surface area contributed by atoms with Gasteiger partial charge >= 0.3 is 0 Å². The van der Waals surface area contributed by atoms with Crippen LogP contribution < -0.4 is 0 Å². The first-order valence-electron chi connectivity index (χ1n) is 5.53. The highest BCUT2D eigenvalue weighted by Gasteiger charge is 2.27. The van der Waals surface area contributed by atoms with Crippen molar-refractivity contribution in [3.8, 4) is 0 Å². The molecule has 17 heavy (non-hydrogen) atoms. The highest BCUT2D eigenvalue weighted by Crippen LogP contribution is 2.29. The average molecular weight is 250 g/mol. The monoisotopic (exact) mass is 250 g/mol. The van der Waals surface area contributed by atoms with E-state index in [0.717, 1.165) is 12.0 Å². The zero-order valence-corrected chi connectivity index (χ0v) is 10.5. The third kappa shape index (κ3) is 2.73. The Morgan fingerprint density at radius 1 is 1.29 bits per heavy atom. The van der Waals surface area contributed by atoms with Gasteiger partial charge in [-0.3, -0.25) is 0 Å². The van der Waals surface area contributed by atoms with E-state index in [1.807, 2.05) is 30.5 Å². The molecule has 0 saturated heterocycles. The standard InChI is InChI=1S/C14H15FOS/c1-14(10-16,9-13-6-3-7-17-13)11-4-2-5-12(15)8-11/h2-8,16H,9-10H2,1H3. The Morgan fingerprint density at radius 3 is 2.71 bits per heavy atom. The van der Waals surface area contributed by atoms with Gasteiger partial charge in [0.15, 0.2) is 0 Å². The quantitative estimate of drug-likeness (QED) is 0.882. The third-order valence-electron chi connectivity index (χ3n) is 3.02. The maximum Gasteiger partial charge on any atom is 0.123 e. The second-order valence-corrected chi connectivity index (χ2v) is 5.52. The molecule has 3 heteroatoms. The largest absolute Gasteiger partial charge is 0.395 e. The van der Waals surface area contributed by atoms with E-state index in [2.05, 4.69) is 0 Å². The van der Waals surface area contributed by atoms with Gasteiger partial charge in [-0.2, -0.15) is 0 Å². The number of hydrogen-bond donors (Lipinski definition) is 1. The van der Waals surface area contributed by atoms with Crippen LogP contribution in [0.1, 0.15) is 17.4 Å². The molecule has 0 aliphatic heterocycles. The summed E-state index contributed by atoms with van der Waals surface area (Å²) in [5, 5.41) is 11.6. The third-order valence-corrected chi connectivity index (χ3v) is 3.89. The zero-order chi connectivity index (χ0) is 12.3. The van der Waals surface area contributed by atoms with Crippen LogP contribution in [0, 0.1) is 5.82 Å². The Morgan fingerprint density at radius 2 is 2.12 bits per heavy atom. The molecule has 0 amide bonds. The van der Waals surface area contributed by atoms with Crippen LogP contribution in [0.15, 0.2) is 41.8 Å². The Kier molecular flexibility index (Phi) is 3.60. The summed E-state index contributed by atoms with van der Waals surface area (Å²) >= 11 is 1.66. The van der Waals surface area contributed by atoms with Gasteiger partial charge in [0, 0.05) is 10.3 Å². The van der Waals surface area contributed by atoms with E-state index in [1.54, 1.807) is 17.4 Å². The molecule has 1 N–H and O–H groups in total. The van der Waals surface area contributed by atoms with Gasteiger partial charge in [-0.25, -0.2) is 4.39 Å². The summed E-state index contributed by atoms with van der Waals surface area (Å²) < 4.78 is 13.2. The Hall–Kier alpha value is -1.19. The molecule has 1 nitrogen and oxygen atoms in total. The van der Waals surface area contributed by atoms with Gasteiger partial charge in [0.2, 0.25) is 0 Å². The van der Waals surface area contributed by atoms with Gasteiger partial charge in [-0.05, 0) is 35.6 Å². The van der Waals surface area contributed by atoms with Crippen LogP contribution in [0.4, 0.5) is 4.39 Å². The minimum atomic E-state index is -0.424. The number of halogens is 1. The number of aliphatic hydroxyl groups is 1. The van der Waals surface area contributed by atoms with Crippen LogP contribution in [0.3, 0.4) is 0 Å². The molecule has 0 saturated carbocycles. The number of rotatable bonds is 4. The highest BCUT2D eigenvalue weighted by atomic mass is 32.1. The average Bonchev–Trinajstić information content (AvgIpc) is 2.81. The van der Waals surface area contributed by atoms with E-state index in [4.69, 9.17) is 0 Å². The molecule has 0 bridgehead atoms. The summed E-state index contributed by atoms with van der Waals surface area (Å²) in [5.74, 6) is -0.256. The summed E-state index contributed by atoms with van der Waals surface area (Å²) in [6.45, 7) is 1.97. The first kappa shape index (κ1) is 12.3. The maximum absolute atomic E-state index is 13.2. The molecule has 1 aromatic carbocycles. The van der Waals surface area contributed by atoms with E-state index in [-0.39, 0.29) is 12.4 Å². The van der Waals surface area contributed by atoms with Crippen molar-refractivity contribution >= 4 is 11.3 Å². The maximum atomic E-state index is 13.2. The molecule has 1 heterocycles. The Labute approximate surface area is 105 Å². The predicted molar refractivity (Wildman–Crippen MR) is 68.9 cm³/mol. The molecule has 1 unspecified atom stereocenters. The minimum absolute atomic E-state index is 0.00829. The van der Waals surface area contributed by atoms with Crippen LogP contribution in [-0.2, 0) is 11.8 Å². The Bertz CT molecular complexity index is 481. The topological polar surface area (TPSA) is 20.2 Å². The molecule has 0 radical (unpaired) electrons. The van der Waals surface area contributed by atoms with Crippen molar-refractivity contribution in [1.29, 1.82) is 0 Å². The molecule has 2 aromatic rings. The zero-order valence-electron chi connectivity index (χ0n) is 9.69. The van der Waals surface area contributed by atoms with Crippen LogP contribution in [0.2, 0.25) is 0 Å². The van der Waals surface area contributed by atoms with E-state index in [0.29, 0.717) is 0 Å². The number of hydrogen-bond acceptors (Lipinski definition) is 2. The van der Waals surface area contributed by atoms with Crippen molar-refractivity contribution in [2.75, 3.05) is 6.61 Å². The lowest BCUT2D eigenvalue weighted by Crippen LogP contribution is -2.29. The SMILES string of the molecule is CC(CO)(Cc1cccs1)c1cccc(F)c1. The molecule has 90 valence electrons. The van der Waals surface area contributed by atoms with Gasteiger partial charge in [0.25, 0.3) is 0 Å². The summed E-state index contributed by atoms with van der Waals surface area (Å²) in [4.78, 5) is 1.20. The molecular weight excluding hydrogens is 235 g/mol. The highest BCUT2D eigenvalue weighted by molar-refractivity contribution is 7.09. The van der Waals surface area contributed by atoms with Gasteiger partial charge in [-0.1, -0.05) is 25.1 Å². The fourth-order valence-electron chi connectivity index (χ4n) is 1.91. The van der Waals surface area contributed by atoms with Gasteiger partial charge in [0.1, 0.15) is 5.82 Å². The first-order chi connectivity index (χ1) is 8.14. The molecule has 2 rings (SSSR count). The molecule has 1 atom stereocenters. The molecule has 0 spiro atoms. The molecule has 1 aromatic heterocycles. The summed E-state index contributed by atoms with van der Waals surface area (Å²) in [6, 6.07) is 10.5. The van der Waals surface area contributed by atoms with Crippen LogP contribution in [-0.4, -0.2) is 11.7 Å². The van der Waals surface area contributed by atoms with E-state index >= 15 is 0 Å². The summed E-state index contributed by atoms with van der Waals surface area (Å²) in [5.41, 5.74) is 0.417. The van der Waals surface area contributed by atoms with Gasteiger partial charge < -0.3 is 5.11 Å². The smallest absolute Gasteiger partial charge is 0.123 e. The fraction of sp³-hybridized carbons (Fsp3) is 0.286. The number of benzene rings is 1. The van der Waals surface area contributed by atoms with Crippen molar-refractivity contribution in [3.05, 3.63) is 58.0 Å². The van der Waals surface area contributed by atoms with Gasteiger partial charge in [-0.15, -0.1) is 11.3 Å². The van der Waals surface area contributed by atoms with Crippen LogP contribution >= 0.6 is 11.3 Å². The molecule has 0 fully saturated rings. The lowest BCUT2D eigenvalue weighted by molar-refractivity contribution is 0.205. The molecular formula is C14H15FOS. The second kappa shape index (κ2) is 4.98. The van der Waals surface area contributed by atoms with Crippen molar-refractivity contribution < 1.29 is 9.50 Å². The van der Waals surface area contributed by atoms with Crippen molar-refractivity contribution in [3.63, 3.8) is 0 Å². The van der Waals surface area contributed by atoms with Crippen LogP contribution in [0.25, 0.3) is 0 Å². The molecule has 0 aliphatic carbocycles. The van der Waals surface area contributed by atoms with Crippen molar-refractivity contribution in [1.82, 2.24) is 0 Å². The van der Waals surface area contributed by atoms with E-state index in [9.17, 15) is 9.50 Å². The number of aliphatic hydroxyl groups excluding tert-OH is 1. The number of thiophene rings is 1. The lowest BCUT2D eigenvalue weighted by Gasteiger charge is -2.27. The predicted octanol–water partition coefficient (Wildman–Crippen LogP) is 3.38. The Balaban J connectivity index is 2.30. The lowest BCUT2D eigenvalue weighted by atomic mass is 9.80. The minimum Gasteiger partial charge on any atom is -0.395 e. The molecule has 0 aliphatic rings. The fourth-order valence-corrected chi connectivity index (χ4v) is 2.80. The van der Waals surface area contributed by atoms with Crippen molar-refractivity contribution in [2.24, 2.45) is 0 Å². The summed E-state index contributed by atoms with van der Waals surface area (Å²) in [6.07, 6.45) is 0.727. The van der Waals surface area contributed by atoms with Crippen LogP contribution in [0.5, 0.6) is 0 Å². The van der Waals surface area contributed by atoms with E-state index in [1.165, 1.54) is 17.0 Å².